The molecule has 0 radical (unpaired) electrons. The van der Waals surface area contributed by atoms with Gasteiger partial charge in [0.2, 0.25) is 5.88 Å². The molecule has 1 fully saturated rings. The molecule has 1 aromatic heterocycles. The van der Waals surface area contributed by atoms with Crippen molar-refractivity contribution < 1.29 is 4.74 Å². The maximum atomic E-state index is 8.64. The van der Waals surface area contributed by atoms with Gasteiger partial charge in [0.25, 0.3) is 0 Å². The fourth-order valence-corrected chi connectivity index (χ4v) is 1.99. The Morgan fingerprint density at radius 3 is 2.76 bits per heavy atom. The summed E-state index contributed by atoms with van der Waals surface area (Å²) in [7, 11) is 0. The van der Waals surface area contributed by atoms with E-state index in [0.717, 1.165) is 6.54 Å². The van der Waals surface area contributed by atoms with Crippen LogP contribution >= 0.6 is 0 Å². The first-order chi connectivity index (χ1) is 8.38. The molecule has 2 rings (SSSR count). The number of likely N-dealkylation sites (tertiary alicyclic amines) is 1. The van der Waals surface area contributed by atoms with Crippen molar-refractivity contribution >= 4 is 0 Å². The number of piperidine rings is 1. The van der Waals surface area contributed by atoms with Gasteiger partial charge in [0.15, 0.2) is 0 Å². The lowest BCUT2D eigenvalue weighted by Gasteiger charge is -2.25. The Kier molecular flexibility index (Phi) is 4.34. The van der Waals surface area contributed by atoms with Crippen molar-refractivity contribution in [2.75, 3.05) is 26.2 Å². The normalized spacial score (nSPS) is 16.4. The number of rotatable bonds is 4. The average Bonchev–Trinajstić information content (AvgIpc) is 2.41. The molecule has 4 nitrogen and oxygen atoms in total. The van der Waals surface area contributed by atoms with Gasteiger partial charge in [0, 0.05) is 18.8 Å². The molecule has 1 saturated heterocycles. The van der Waals surface area contributed by atoms with Gasteiger partial charge in [-0.3, -0.25) is 4.90 Å². The molecule has 90 valence electrons. The zero-order valence-electron chi connectivity index (χ0n) is 9.93. The summed E-state index contributed by atoms with van der Waals surface area (Å²) in [4.78, 5) is 6.49. The number of nitrogens with zero attached hydrogens (tertiary/aromatic N) is 3. The number of hydrogen-bond acceptors (Lipinski definition) is 4. The average molecular weight is 231 g/mol. The molecule has 0 unspecified atom stereocenters. The van der Waals surface area contributed by atoms with Crippen molar-refractivity contribution in [3.63, 3.8) is 0 Å². The zero-order chi connectivity index (χ0) is 11.9. The Hall–Kier alpha value is -1.60. The fourth-order valence-electron chi connectivity index (χ4n) is 1.99. The van der Waals surface area contributed by atoms with Crippen LogP contribution in [0.2, 0.25) is 0 Å². The topological polar surface area (TPSA) is 49.1 Å². The fraction of sp³-hybridized carbons (Fsp3) is 0.538. The summed E-state index contributed by atoms with van der Waals surface area (Å²) in [6.07, 6.45) is 5.50. The highest BCUT2D eigenvalue weighted by Crippen LogP contribution is 2.09. The van der Waals surface area contributed by atoms with E-state index in [0.29, 0.717) is 18.1 Å². The number of nitriles is 1. The minimum atomic E-state index is 0.563. The Labute approximate surface area is 102 Å². The van der Waals surface area contributed by atoms with Crippen LogP contribution in [-0.4, -0.2) is 36.1 Å². The zero-order valence-corrected chi connectivity index (χ0v) is 9.93. The highest BCUT2D eigenvalue weighted by molar-refractivity contribution is 5.28. The number of pyridine rings is 1. The predicted octanol–water partition coefficient (Wildman–Crippen LogP) is 1.82. The molecule has 4 heteroatoms. The maximum Gasteiger partial charge on any atom is 0.213 e. The van der Waals surface area contributed by atoms with Crippen LogP contribution in [0.15, 0.2) is 18.3 Å². The highest BCUT2D eigenvalue weighted by atomic mass is 16.5. The van der Waals surface area contributed by atoms with E-state index in [1.807, 2.05) is 6.07 Å². The Morgan fingerprint density at radius 1 is 1.29 bits per heavy atom. The summed E-state index contributed by atoms with van der Waals surface area (Å²) < 4.78 is 5.55. The van der Waals surface area contributed by atoms with Crippen LogP contribution in [0.4, 0.5) is 0 Å². The molecule has 0 amide bonds. The van der Waals surface area contributed by atoms with Gasteiger partial charge >= 0.3 is 0 Å². The third-order valence-corrected chi connectivity index (χ3v) is 2.97. The van der Waals surface area contributed by atoms with Gasteiger partial charge in [-0.1, -0.05) is 6.42 Å². The molecular weight excluding hydrogens is 214 g/mol. The Bertz CT molecular complexity index is 377. The molecule has 2 heterocycles. The SMILES string of the molecule is N#Cc1ccc(OCCN2CCCCC2)nc1. The summed E-state index contributed by atoms with van der Waals surface area (Å²) in [5, 5.41) is 8.64. The lowest BCUT2D eigenvalue weighted by atomic mass is 10.1. The summed E-state index contributed by atoms with van der Waals surface area (Å²) in [5.41, 5.74) is 0.563. The third-order valence-electron chi connectivity index (χ3n) is 2.97. The van der Waals surface area contributed by atoms with E-state index in [9.17, 15) is 0 Å². The first kappa shape index (κ1) is 11.9. The van der Waals surface area contributed by atoms with Crippen LogP contribution in [0.25, 0.3) is 0 Å². The van der Waals surface area contributed by atoms with Crippen LogP contribution in [-0.2, 0) is 0 Å². The standard InChI is InChI=1S/C13H17N3O/c14-10-12-4-5-13(15-11-12)17-9-8-16-6-2-1-3-7-16/h4-5,11H,1-3,6-9H2. The van der Waals surface area contributed by atoms with E-state index >= 15 is 0 Å². The van der Waals surface area contributed by atoms with Gasteiger partial charge in [-0.05, 0) is 32.0 Å². The van der Waals surface area contributed by atoms with E-state index in [-0.39, 0.29) is 0 Å². The molecule has 0 spiro atoms. The van der Waals surface area contributed by atoms with Crippen molar-refractivity contribution in [2.24, 2.45) is 0 Å². The first-order valence-electron chi connectivity index (χ1n) is 6.10. The van der Waals surface area contributed by atoms with Crippen LogP contribution in [0, 0.1) is 11.3 Å². The van der Waals surface area contributed by atoms with E-state index in [2.05, 4.69) is 9.88 Å². The van der Waals surface area contributed by atoms with Crippen LogP contribution in [0.3, 0.4) is 0 Å². The molecule has 1 aromatic rings. The minimum absolute atomic E-state index is 0.563. The molecule has 0 bridgehead atoms. The summed E-state index contributed by atoms with van der Waals surface area (Å²) in [5.74, 6) is 0.598. The van der Waals surface area contributed by atoms with E-state index in [1.165, 1.54) is 38.5 Å². The summed E-state index contributed by atoms with van der Waals surface area (Å²) in [6, 6.07) is 5.51. The van der Waals surface area contributed by atoms with Gasteiger partial charge in [-0.25, -0.2) is 4.98 Å². The lowest BCUT2D eigenvalue weighted by molar-refractivity contribution is 0.180. The Morgan fingerprint density at radius 2 is 2.12 bits per heavy atom. The van der Waals surface area contributed by atoms with Gasteiger partial charge < -0.3 is 4.74 Å². The van der Waals surface area contributed by atoms with E-state index in [1.54, 1.807) is 12.1 Å². The Balaban J connectivity index is 1.72. The third kappa shape index (κ3) is 3.72. The number of ether oxygens (including phenoxy) is 1. The molecule has 1 aliphatic rings. The first-order valence-corrected chi connectivity index (χ1v) is 6.10. The van der Waals surface area contributed by atoms with Crippen molar-refractivity contribution in [3.8, 4) is 11.9 Å². The largest absolute Gasteiger partial charge is 0.476 e. The molecule has 0 aliphatic carbocycles. The van der Waals surface area contributed by atoms with E-state index in [4.69, 9.17) is 10.00 Å². The highest BCUT2D eigenvalue weighted by Gasteiger charge is 2.09. The lowest BCUT2D eigenvalue weighted by Crippen LogP contribution is -2.33. The molecule has 1 aliphatic heterocycles. The quantitative estimate of drug-likeness (QED) is 0.793. The molecule has 0 N–H and O–H groups in total. The monoisotopic (exact) mass is 231 g/mol. The van der Waals surface area contributed by atoms with Gasteiger partial charge in [-0.15, -0.1) is 0 Å². The smallest absolute Gasteiger partial charge is 0.213 e. The van der Waals surface area contributed by atoms with Gasteiger partial charge in [-0.2, -0.15) is 5.26 Å². The van der Waals surface area contributed by atoms with Crippen molar-refractivity contribution in [1.29, 1.82) is 5.26 Å². The van der Waals surface area contributed by atoms with Crippen molar-refractivity contribution in [2.45, 2.75) is 19.3 Å². The van der Waals surface area contributed by atoms with Crippen molar-refractivity contribution in [3.05, 3.63) is 23.9 Å². The molecular formula is C13H17N3O. The molecule has 0 atom stereocenters. The second-order valence-electron chi connectivity index (χ2n) is 4.25. The van der Waals surface area contributed by atoms with Gasteiger partial charge in [0.05, 0.1) is 5.56 Å². The second-order valence-corrected chi connectivity index (χ2v) is 4.25. The molecule has 0 saturated carbocycles. The van der Waals surface area contributed by atoms with Crippen LogP contribution in [0.1, 0.15) is 24.8 Å². The minimum Gasteiger partial charge on any atom is -0.476 e. The second kappa shape index (κ2) is 6.21. The van der Waals surface area contributed by atoms with Crippen LogP contribution < -0.4 is 4.74 Å². The summed E-state index contributed by atoms with van der Waals surface area (Å²) in [6.45, 7) is 3.99. The van der Waals surface area contributed by atoms with Gasteiger partial charge in [0.1, 0.15) is 12.7 Å². The maximum absolute atomic E-state index is 8.64. The summed E-state index contributed by atoms with van der Waals surface area (Å²) >= 11 is 0. The van der Waals surface area contributed by atoms with E-state index < -0.39 is 0 Å². The molecule has 17 heavy (non-hydrogen) atoms. The van der Waals surface area contributed by atoms with Crippen LogP contribution in [0.5, 0.6) is 5.88 Å². The number of aromatic nitrogens is 1. The molecule has 0 aromatic carbocycles. The number of hydrogen-bond donors (Lipinski definition) is 0. The van der Waals surface area contributed by atoms with Crippen molar-refractivity contribution in [1.82, 2.24) is 9.88 Å². The predicted molar refractivity (Wildman–Crippen MR) is 64.7 cm³/mol.